The fourth-order valence-corrected chi connectivity index (χ4v) is 2.46. The first-order valence-electron chi connectivity index (χ1n) is 5.34. The van der Waals surface area contributed by atoms with Crippen molar-refractivity contribution in [2.75, 3.05) is 7.05 Å². The van der Waals surface area contributed by atoms with Crippen molar-refractivity contribution in [3.05, 3.63) is 42.0 Å². The number of imidazole rings is 1. The Bertz CT molecular complexity index is 485. The van der Waals surface area contributed by atoms with Crippen molar-refractivity contribution >= 4 is 11.8 Å². The van der Waals surface area contributed by atoms with Crippen molar-refractivity contribution in [2.24, 2.45) is 0 Å². The van der Waals surface area contributed by atoms with E-state index in [4.69, 9.17) is 0 Å². The molecule has 1 aromatic carbocycles. The molecule has 0 aliphatic carbocycles. The zero-order valence-corrected chi connectivity index (χ0v) is 10.5. The van der Waals surface area contributed by atoms with Crippen LogP contribution in [0.1, 0.15) is 18.5 Å². The summed E-state index contributed by atoms with van der Waals surface area (Å²) in [5, 5.41) is 3.92. The molecule has 1 heterocycles. The summed E-state index contributed by atoms with van der Waals surface area (Å²) in [5.74, 6) is -0.217. The number of nitrogens with zero attached hydrogens (tertiary/aromatic N) is 1. The second-order valence-electron chi connectivity index (χ2n) is 3.69. The van der Waals surface area contributed by atoms with Gasteiger partial charge in [-0.05, 0) is 37.7 Å². The highest BCUT2D eigenvalue weighted by Crippen LogP contribution is 2.31. The van der Waals surface area contributed by atoms with Gasteiger partial charge < -0.3 is 10.3 Å². The summed E-state index contributed by atoms with van der Waals surface area (Å²) in [4.78, 5) is 8.18. The van der Waals surface area contributed by atoms with Gasteiger partial charge in [-0.1, -0.05) is 11.8 Å². The highest BCUT2D eigenvalue weighted by Gasteiger charge is 2.12. The smallest absolute Gasteiger partial charge is 0.170 e. The third-order valence-corrected chi connectivity index (χ3v) is 3.56. The molecule has 0 amide bonds. The molecular weight excluding hydrogens is 237 g/mol. The SMILES string of the molecule is CNC(C)c1cc(F)ccc1Sc1ncc[nH]1. The van der Waals surface area contributed by atoms with Crippen LogP contribution in [0.5, 0.6) is 0 Å². The zero-order valence-electron chi connectivity index (χ0n) is 9.70. The Morgan fingerprint density at radius 1 is 1.47 bits per heavy atom. The average molecular weight is 251 g/mol. The van der Waals surface area contributed by atoms with Gasteiger partial charge in [0.05, 0.1) is 0 Å². The van der Waals surface area contributed by atoms with Crippen LogP contribution in [0.4, 0.5) is 4.39 Å². The normalized spacial score (nSPS) is 12.6. The second kappa shape index (κ2) is 5.33. The summed E-state index contributed by atoms with van der Waals surface area (Å²) < 4.78 is 13.3. The van der Waals surface area contributed by atoms with Crippen molar-refractivity contribution in [3.63, 3.8) is 0 Å². The van der Waals surface area contributed by atoms with Crippen LogP contribution in [0.15, 0.2) is 40.6 Å². The topological polar surface area (TPSA) is 40.7 Å². The van der Waals surface area contributed by atoms with Gasteiger partial charge in [-0.25, -0.2) is 9.37 Å². The van der Waals surface area contributed by atoms with Crippen LogP contribution >= 0.6 is 11.8 Å². The third-order valence-electron chi connectivity index (χ3n) is 2.55. The summed E-state index contributed by atoms with van der Waals surface area (Å²) in [6.45, 7) is 2.00. The highest BCUT2D eigenvalue weighted by atomic mass is 32.2. The maximum absolute atomic E-state index is 13.3. The number of aromatic amines is 1. The molecular formula is C12H14FN3S. The first kappa shape index (κ1) is 12.1. The average Bonchev–Trinajstić information content (AvgIpc) is 2.83. The van der Waals surface area contributed by atoms with Gasteiger partial charge in [-0.2, -0.15) is 0 Å². The number of benzene rings is 1. The lowest BCUT2D eigenvalue weighted by molar-refractivity contribution is 0.601. The lowest BCUT2D eigenvalue weighted by Gasteiger charge is -2.14. The fraction of sp³-hybridized carbons (Fsp3) is 0.250. The van der Waals surface area contributed by atoms with E-state index < -0.39 is 0 Å². The molecule has 1 unspecified atom stereocenters. The van der Waals surface area contributed by atoms with E-state index in [1.807, 2.05) is 14.0 Å². The van der Waals surface area contributed by atoms with E-state index in [9.17, 15) is 4.39 Å². The van der Waals surface area contributed by atoms with E-state index in [0.29, 0.717) is 0 Å². The van der Waals surface area contributed by atoms with Crippen LogP contribution in [0, 0.1) is 5.82 Å². The maximum Gasteiger partial charge on any atom is 0.170 e. The molecule has 2 rings (SSSR count). The minimum atomic E-state index is -0.217. The van der Waals surface area contributed by atoms with Crippen molar-refractivity contribution in [1.29, 1.82) is 0 Å². The van der Waals surface area contributed by atoms with Crippen molar-refractivity contribution in [2.45, 2.75) is 23.0 Å². The lowest BCUT2D eigenvalue weighted by Crippen LogP contribution is -2.13. The molecule has 0 fully saturated rings. The van der Waals surface area contributed by atoms with E-state index in [2.05, 4.69) is 15.3 Å². The number of aromatic nitrogens is 2. The maximum atomic E-state index is 13.3. The molecule has 2 aromatic rings. The van der Waals surface area contributed by atoms with Gasteiger partial charge in [0.15, 0.2) is 5.16 Å². The van der Waals surface area contributed by atoms with Crippen LogP contribution < -0.4 is 5.32 Å². The zero-order chi connectivity index (χ0) is 12.3. The number of H-pyrrole nitrogens is 1. The largest absolute Gasteiger partial charge is 0.339 e. The molecule has 1 aromatic heterocycles. The molecule has 17 heavy (non-hydrogen) atoms. The monoisotopic (exact) mass is 251 g/mol. The minimum absolute atomic E-state index is 0.100. The van der Waals surface area contributed by atoms with Gasteiger partial charge in [0.1, 0.15) is 5.82 Å². The summed E-state index contributed by atoms with van der Waals surface area (Å²) >= 11 is 1.50. The van der Waals surface area contributed by atoms with Gasteiger partial charge in [-0.3, -0.25) is 0 Å². The number of hydrogen-bond acceptors (Lipinski definition) is 3. The molecule has 0 bridgehead atoms. The molecule has 3 nitrogen and oxygen atoms in total. The predicted octanol–water partition coefficient (Wildman–Crippen LogP) is 2.98. The Hall–Kier alpha value is -1.33. The van der Waals surface area contributed by atoms with E-state index in [-0.39, 0.29) is 11.9 Å². The molecule has 0 saturated heterocycles. The van der Waals surface area contributed by atoms with Gasteiger partial charge in [0.2, 0.25) is 0 Å². The highest BCUT2D eigenvalue weighted by molar-refractivity contribution is 7.99. The molecule has 0 aliphatic rings. The van der Waals surface area contributed by atoms with Crippen LogP contribution in [0.25, 0.3) is 0 Å². The quantitative estimate of drug-likeness (QED) is 0.877. The van der Waals surface area contributed by atoms with Crippen LogP contribution in [0.3, 0.4) is 0 Å². The summed E-state index contributed by atoms with van der Waals surface area (Å²) in [7, 11) is 1.86. The summed E-state index contributed by atoms with van der Waals surface area (Å²) in [6, 6.07) is 4.91. The molecule has 5 heteroatoms. The Morgan fingerprint density at radius 3 is 2.94 bits per heavy atom. The molecule has 90 valence electrons. The number of halogens is 1. The number of hydrogen-bond donors (Lipinski definition) is 2. The van der Waals surface area contributed by atoms with E-state index >= 15 is 0 Å². The molecule has 2 N–H and O–H groups in total. The van der Waals surface area contributed by atoms with E-state index in [0.717, 1.165) is 15.6 Å². The standard InChI is InChI=1S/C12H14FN3S/c1-8(14-2)10-7-9(13)3-4-11(10)17-12-15-5-6-16-12/h3-8,14H,1-2H3,(H,15,16). The van der Waals surface area contributed by atoms with E-state index in [1.54, 1.807) is 24.5 Å². The van der Waals surface area contributed by atoms with Crippen molar-refractivity contribution in [3.8, 4) is 0 Å². The first-order chi connectivity index (χ1) is 8.20. The fourth-order valence-electron chi connectivity index (χ4n) is 1.52. The van der Waals surface area contributed by atoms with Crippen LogP contribution in [-0.4, -0.2) is 17.0 Å². The van der Waals surface area contributed by atoms with Crippen molar-refractivity contribution < 1.29 is 4.39 Å². The Kier molecular flexibility index (Phi) is 3.81. The van der Waals surface area contributed by atoms with Crippen LogP contribution in [0.2, 0.25) is 0 Å². The van der Waals surface area contributed by atoms with Crippen molar-refractivity contribution in [1.82, 2.24) is 15.3 Å². The summed E-state index contributed by atoms with van der Waals surface area (Å²) in [5.41, 5.74) is 0.939. The first-order valence-corrected chi connectivity index (χ1v) is 6.16. The molecule has 0 aliphatic heterocycles. The molecule has 0 spiro atoms. The number of nitrogens with one attached hydrogen (secondary N) is 2. The van der Waals surface area contributed by atoms with Gasteiger partial charge in [0, 0.05) is 23.3 Å². The summed E-state index contributed by atoms with van der Waals surface area (Å²) in [6.07, 6.45) is 3.47. The van der Waals surface area contributed by atoms with E-state index in [1.165, 1.54) is 17.8 Å². The van der Waals surface area contributed by atoms with Gasteiger partial charge in [-0.15, -0.1) is 0 Å². The second-order valence-corrected chi connectivity index (χ2v) is 4.72. The Balaban J connectivity index is 2.32. The molecule has 1 atom stereocenters. The molecule has 0 radical (unpaired) electrons. The number of rotatable bonds is 4. The minimum Gasteiger partial charge on any atom is -0.339 e. The third kappa shape index (κ3) is 2.87. The van der Waals surface area contributed by atoms with Gasteiger partial charge in [0.25, 0.3) is 0 Å². The van der Waals surface area contributed by atoms with Gasteiger partial charge >= 0.3 is 0 Å². The Labute approximate surface area is 104 Å². The lowest BCUT2D eigenvalue weighted by atomic mass is 10.1. The Morgan fingerprint density at radius 2 is 2.29 bits per heavy atom. The van der Waals surface area contributed by atoms with Crippen LogP contribution in [-0.2, 0) is 0 Å². The predicted molar refractivity (Wildman–Crippen MR) is 66.6 cm³/mol. The molecule has 0 saturated carbocycles.